The number of H-pyrrole nitrogens is 1. The molecule has 8 heteroatoms. The molecule has 3 aromatic rings. The molecule has 0 saturated carbocycles. The van der Waals surface area contributed by atoms with Crippen molar-refractivity contribution >= 4 is 34.9 Å². The second-order valence-corrected chi connectivity index (χ2v) is 6.38. The van der Waals surface area contributed by atoms with E-state index in [1.165, 1.54) is 0 Å². The number of amides is 1. The van der Waals surface area contributed by atoms with Gasteiger partial charge in [-0.2, -0.15) is 0 Å². The summed E-state index contributed by atoms with van der Waals surface area (Å²) in [5.41, 5.74) is 1.94. The highest BCUT2D eigenvalue weighted by Crippen LogP contribution is 2.23. The Balaban J connectivity index is 1.89. The van der Waals surface area contributed by atoms with E-state index in [0.717, 1.165) is 5.69 Å². The molecule has 2 N–H and O–H groups in total. The molecule has 1 aromatic carbocycles. The third kappa shape index (κ3) is 5.05. The van der Waals surface area contributed by atoms with Crippen molar-refractivity contribution in [3.05, 3.63) is 83.9 Å². The van der Waals surface area contributed by atoms with E-state index < -0.39 is 5.97 Å². The van der Waals surface area contributed by atoms with Crippen LogP contribution in [0.4, 0.5) is 5.69 Å². The number of ether oxygens (including phenoxy) is 1. The molecule has 2 aromatic heterocycles. The molecule has 0 unspecified atom stereocenters. The van der Waals surface area contributed by atoms with Gasteiger partial charge in [0.1, 0.15) is 5.69 Å². The van der Waals surface area contributed by atoms with Crippen LogP contribution < -0.4 is 10.2 Å². The predicted octanol–water partition coefficient (Wildman–Crippen LogP) is 3.31. The van der Waals surface area contributed by atoms with Gasteiger partial charge in [0.2, 0.25) is 0 Å². The van der Waals surface area contributed by atoms with E-state index in [0.29, 0.717) is 11.3 Å². The Morgan fingerprint density at radius 3 is 2.62 bits per heavy atom. The van der Waals surface area contributed by atoms with Crippen molar-refractivity contribution in [1.29, 1.82) is 0 Å². The molecule has 0 aliphatic rings. The number of carbonyl (C=O) groups excluding carboxylic acids is 2. The van der Waals surface area contributed by atoms with Crippen LogP contribution in [0.15, 0.2) is 67.0 Å². The Bertz CT molecular complexity index is 989. The average Bonchev–Trinajstić information content (AvgIpc) is 3.23. The Morgan fingerprint density at radius 2 is 1.93 bits per heavy atom. The number of anilines is 1. The number of hydrogen-bond donors (Lipinski definition) is 2. The van der Waals surface area contributed by atoms with Gasteiger partial charge in [0.15, 0.2) is 5.11 Å². The van der Waals surface area contributed by atoms with E-state index >= 15 is 0 Å². The molecule has 0 aliphatic carbocycles. The molecule has 0 saturated heterocycles. The summed E-state index contributed by atoms with van der Waals surface area (Å²) in [6.07, 6.45) is 3.29. The molecule has 1 amide bonds. The van der Waals surface area contributed by atoms with Crippen LogP contribution in [0.3, 0.4) is 0 Å². The summed E-state index contributed by atoms with van der Waals surface area (Å²) in [5.74, 6) is -0.842. The van der Waals surface area contributed by atoms with Gasteiger partial charge in [0, 0.05) is 18.0 Å². The molecule has 0 spiro atoms. The van der Waals surface area contributed by atoms with Crippen LogP contribution in [0.1, 0.15) is 33.5 Å². The van der Waals surface area contributed by atoms with E-state index in [2.05, 4.69) is 15.3 Å². The summed E-state index contributed by atoms with van der Waals surface area (Å²) in [4.78, 5) is 33.7. The average molecular weight is 410 g/mol. The summed E-state index contributed by atoms with van der Waals surface area (Å²) in [6, 6.07) is 16.0. The van der Waals surface area contributed by atoms with Gasteiger partial charge in [0.05, 0.1) is 24.5 Å². The maximum atomic E-state index is 12.6. The van der Waals surface area contributed by atoms with E-state index in [1.54, 1.807) is 54.5 Å². The highest BCUT2D eigenvalue weighted by molar-refractivity contribution is 7.80. The lowest BCUT2D eigenvalue weighted by atomic mass is 10.2. The van der Waals surface area contributed by atoms with Crippen LogP contribution in [-0.2, 0) is 11.3 Å². The van der Waals surface area contributed by atoms with Crippen LogP contribution in [0.5, 0.6) is 0 Å². The Kier molecular flexibility index (Phi) is 6.70. The van der Waals surface area contributed by atoms with Crippen molar-refractivity contribution < 1.29 is 14.3 Å². The molecular formula is C21H20N4O3S. The number of nitrogens with zero attached hydrogens (tertiary/aromatic N) is 2. The normalized spacial score (nSPS) is 10.2. The van der Waals surface area contributed by atoms with E-state index in [9.17, 15) is 9.59 Å². The SMILES string of the molecule is CCOC(=O)c1[nH]ccc1N(Cc1ccccn1)[14C](=S)NC(=O)c1ccccc1. The maximum Gasteiger partial charge on any atom is 0.356 e. The fourth-order valence-electron chi connectivity index (χ4n) is 2.70. The molecule has 7 nitrogen and oxygen atoms in total. The molecule has 0 bridgehead atoms. The van der Waals surface area contributed by atoms with Crippen molar-refractivity contribution in [2.24, 2.45) is 0 Å². The first-order valence-corrected chi connectivity index (χ1v) is 9.43. The van der Waals surface area contributed by atoms with Crippen molar-refractivity contribution in [2.75, 3.05) is 11.5 Å². The van der Waals surface area contributed by atoms with Gasteiger partial charge in [-0.25, -0.2) is 4.79 Å². The molecule has 0 fully saturated rings. The first-order valence-electron chi connectivity index (χ1n) is 9.02. The largest absolute Gasteiger partial charge is 0.461 e. The number of pyridine rings is 1. The van der Waals surface area contributed by atoms with Gasteiger partial charge in [-0.15, -0.1) is 0 Å². The van der Waals surface area contributed by atoms with Gasteiger partial charge in [-0.1, -0.05) is 24.3 Å². The quantitative estimate of drug-likeness (QED) is 0.479. The number of carbonyl (C=O) groups is 2. The summed E-state index contributed by atoms with van der Waals surface area (Å²) in [5, 5.41) is 2.88. The van der Waals surface area contributed by atoms with Crippen LogP contribution in [-0.4, -0.2) is 33.6 Å². The second-order valence-electron chi connectivity index (χ2n) is 5.99. The number of benzene rings is 1. The van der Waals surface area contributed by atoms with Gasteiger partial charge < -0.3 is 14.6 Å². The Morgan fingerprint density at radius 1 is 1.17 bits per heavy atom. The molecule has 0 radical (unpaired) electrons. The lowest BCUT2D eigenvalue weighted by molar-refractivity contribution is 0.0521. The monoisotopic (exact) mass is 410 g/mol. The number of hydrogen-bond acceptors (Lipinski definition) is 5. The topological polar surface area (TPSA) is 87.3 Å². The Labute approximate surface area is 173 Å². The first-order chi connectivity index (χ1) is 14.1. The van der Waals surface area contributed by atoms with Gasteiger partial charge in [0.25, 0.3) is 5.91 Å². The number of nitrogens with one attached hydrogen (secondary N) is 2. The standard InChI is InChI=1S/C21H20N4O3S/c1-2-28-20(27)18-17(11-13-23-18)25(14-16-10-6-7-12-22-16)21(29)24-19(26)15-8-4-3-5-9-15/h3-13,23H,2,14H2,1H3,(H,24,26,29)/i21+2. The smallest absolute Gasteiger partial charge is 0.356 e. The second kappa shape index (κ2) is 9.61. The van der Waals surface area contributed by atoms with Crippen LogP contribution in [0.2, 0.25) is 0 Å². The minimum absolute atomic E-state index is 0.148. The van der Waals surface area contributed by atoms with Crippen LogP contribution >= 0.6 is 12.2 Å². The van der Waals surface area contributed by atoms with Gasteiger partial charge in [-0.05, 0) is 49.5 Å². The van der Waals surface area contributed by atoms with Gasteiger partial charge in [-0.3, -0.25) is 15.1 Å². The fraction of sp³-hybridized carbons (Fsp3) is 0.143. The molecule has 29 heavy (non-hydrogen) atoms. The number of rotatable bonds is 6. The van der Waals surface area contributed by atoms with E-state index in [-0.39, 0.29) is 29.9 Å². The van der Waals surface area contributed by atoms with Crippen molar-refractivity contribution in [1.82, 2.24) is 15.3 Å². The highest BCUT2D eigenvalue weighted by atomic mass is 32.1. The summed E-state index contributed by atoms with van der Waals surface area (Å²) < 4.78 is 5.11. The van der Waals surface area contributed by atoms with Crippen LogP contribution in [0, 0.1) is 0 Å². The molecular weight excluding hydrogens is 390 g/mol. The zero-order valence-electron chi connectivity index (χ0n) is 15.8. The van der Waals surface area contributed by atoms with Gasteiger partial charge >= 0.3 is 5.97 Å². The van der Waals surface area contributed by atoms with E-state index in [1.807, 2.05) is 24.3 Å². The molecule has 0 atom stereocenters. The number of esters is 1. The minimum atomic E-state index is -0.504. The lowest BCUT2D eigenvalue weighted by Crippen LogP contribution is -2.43. The first kappa shape index (κ1) is 20.2. The van der Waals surface area contributed by atoms with Crippen molar-refractivity contribution in [2.45, 2.75) is 13.5 Å². The summed E-state index contributed by atoms with van der Waals surface area (Å²) in [7, 11) is 0. The Hall–Kier alpha value is -3.52. The minimum Gasteiger partial charge on any atom is -0.461 e. The van der Waals surface area contributed by atoms with Crippen LogP contribution in [0.25, 0.3) is 0 Å². The zero-order valence-corrected chi connectivity index (χ0v) is 16.6. The molecule has 148 valence electrons. The summed E-state index contributed by atoms with van der Waals surface area (Å²) in [6.45, 7) is 2.24. The molecule has 2 heterocycles. The number of aromatic nitrogens is 2. The fourth-order valence-corrected chi connectivity index (χ4v) is 2.95. The third-order valence-electron chi connectivity index (χ3n) is 4.04. The lowest BCUT2D eigenvalue weighted by Gasteiger charge is -2.25. The number of aromatic amines is 1. The number of thiocarbonyl (C=S) groups is 1. The maximum absolute atomic E-state index is 12.6. The highest BCUT2D eigenvalue weighted by Gasteiger charge is 2.23. The third-order valence-corrected chi connectivity index (χ3v) is 4.37. The molecule has 3 rings (SSSR count). The molecule has 0 aliphatic heterocycles. The zero-order chi connectivity index (χ0) is 20.6. The van der Waals surface area contributed by atoms with Crippen molar-refractivity contribution in [3.8, 4) is 0 Å². The summed E-state index contributed by atoms with van der Waals surface area (Å²) >= 11 is 5.51. The predicted molar refractivity (Wildman–Crippen MR) is 114 cm³/mol. The van der Waals surface area contributed by atoms with E-state index in [4.69, 9.17) is 17.0 Å². The van der Waals surface area contributed by atoms with Crippen molar-refractivity contribution in [3.63, 3.8) is 0 Å².